The second kappa shape index (κ2) is 4.10. The van der Waals surface area contributed by atoms with Crippen LogP contribution in [0.15, 0.2) is 24.3 Å². The fourth-order valence-corrected chi connectivity index (χ4v) is 2.28. The number of ether oxygens (including phenoxy) is 1. The molecule has 1 aliphatic rings. The second-order valence-corrected chi connectivity index (χ2v) is 4.98. The maximum Gasteiger partial charge on any atom is 0.122 e. The smallest absolute Gasteiger partial charge is 0.122 e. The highest BCUT2D eigenvalue weighted by Gasteiger charge is 2.51. The number of aryl methyl sites for hydroxylation is 1. The number of hydrogen-bond acceptors (Lipinski definition) is 2. The van der Waals surface area contributed by atoms with Crippen molar-refractivity contribution in [1.29, 1.82) is 0 Å². The van der Waals surface area contributed by atoms with E-state index in [0.29, 0.717) is 0 Å². The molecule has 16 heavy (non-hydrogen) atoms. The zero-order valence-corrected chi connectivity index (χ0v) is 10.2. The normalized spacial score (nSPS) is 33.2. The summed E-state index contributed by atoms with van der Waals surface area (Å²) in [5.74, 6) is 0.944. The van der Waals surface area contributed by atoms with E-state index in [1.165, 1.54) is 0 Å². The zero-order valence-electron chi connectivity index (χ0n) is 10.2. The Labute approximate surface area is 97.3 Å². The van der Waals surface area contributed by atoms with Crippen molar-refractivity contribution in [1.82, 2.24) is 0 Å². The Kier molecular flexibility index (Phi) is 2.94. The van der Waals surface area contributed by atoms with Gasteiger partial charge in [-0.25, -0.2) is 0 Å². The summed E-state index contributed by atoms with van der Waals surface area (Å²) in [6.07, 6.45) is 1.63. The van der Waals surface area contributed by atoms with E-state index in [1.807, 2.05) is 31.2 Å². The quantitative estimate of drug-likeness (QED) is 0.848. The van der Waals surface area contributed by atoms with E-state index in [9.17, 15) is 5.11 Å². The lowest BCUT2D eigenvalue weighted by Gasteiger charge is -2.50. The molecule has 1 aromatic rings. The third-order valence-corrected chi connectivity index (χ3v) is 4.06. The summed E-state index contributed by atoms with van der Waals surface area (Å²) in [7, 11) is 0. The number of rotatable bonds is 3. The van der Waals surface area contributed by atoms with E-state index in [0.717, 1.165) is 24.2 Å². The molecule has 1 aliphatic carbocycles. The van der Waals surface area contributed by atoms with Gasteiger partial charge in [0.1, 0.15) is 11.9 Å². The van der Waals surface area contributed by atoms with Crippen LogP contribution >= 0.6 is 0 Å². The Morgan fingerprint density at radius 2 is 2.12 bits per heavy atom. The highest BCUT2D eigenvalue weighted by molar-refractivity contribution is 5.32. The maximum absolute atomic E-state index is 9.80. The van der Waals surface area contributed by atoms with E-state index in [-0.39, 0.29) is 17.6 Å². The van der Waals surface area contributed by atoms with Crippen LogP contribution in [-0.4, -0.2) is 17.3 Å². The van der Waals surface area contributed by atoms with Crippen LogP contribution in [0.2, 0.25) is 0 Å². The number of aliphatic hydroxyl groups is 1. The SMILES string of the molecule is CCC1(C)C(O)CC1Oc1ccccc1C. The van der Waals surface area contributed by atoms with Gasteiger partial charge in [0.25, 0.3) is 0 Å². The van der Waals surface area contributed by atoms with E-state index in [4.69, 9.17) is 4.74 Å². The van der Waals surface area contributed by atoms with Gasteiger partial charge < -0.3 is 9.84 Å². The van der Waals surface area contributed by atoms with Crippen molar-refractivity contribution in [3.8, 4) is 5.75 Å². The van der Waals surface area contributed by atoms with Crippen LogP contribution in [0, 0.1) is 12.3 Å². The fourth-order valence-electron chi connectivity index (χ4n) is 2.28. The average Bonchev–Trinajstić information content (AvgIpc) is 2.30. The zero-order chi connectivity index (χ0) is 11.8. The molecule has 88 valence electrons. The van der Waals surface area contributed by atoms with Crippen molar-refractivity contribution in [3.05, 3.63) is 29.8 Å². The Balaban J connectivity index is 2.10. The molecule has 1 N–H and O–H groups in total. The first kappa shape index (κ1) is 11.5. The first-order valence-electron chi connectivity index (χ1n) is 5.98. The van der Waals surface area contributed by atoms with Crippen LogP contribution in [0.25, 0.3) is 0 Å². The van der Waals surface area contributed by atoms with Crippen LogP contribution in [0.5, 0.6) is 5.75 Å². The third kappa shape index (κ3) is 1.71. The lowest BCUT2D eigenvalue weighted by Crippen LogP contribution is -2.57. The molecule has 1 fully saturated rings. The monoisotopic (exact) mass is 220 g/mol. The van der Waals surface area contributed by atoms with Crippen molar-refractivity contribution in [2.75, 3.05) is 0 Å². The molecule has 0 saturated heterocycles. The van der Waals surface area contributed by atoms with Gasteiger partial charge in [0.15, 0.2) is 0 Å². The molecule has 3 atom stereocenters. The van der Waals surface area contributed by atoms with E-state index in [1.54, 1.807) is 0 Å². The molecule has 2 rings (SSSR count). The summed E-state index contributed by atoms with van der Waals surface area (Å²) >= 11 is 0. The van der Waals surface area contributed by atoms with Gasteiger partial charge in [0, 0.05) is 11.8 Å². The van der Waals surface area contributed by atoms with E-state index >= 15 is 0 Å². The summed E-state index contributed by atoms with van der Waals surface area (Å²) in [4.78, 5) is 0. The van der Waals surface area contributed by atoms with Crippen LogP contribution < -0.4 is 4.74 Å². The molecule has 0 aliphatic heterocycles. The van der Waals surface area contributed by atoms with Crippen molar-refractivity contribution >= 4 is 0 Å². The summed E-state index contributed by atoms with van der Waals surface area (Å²) in [6, 6.07) is 8.04. The Morgan fingerprint density at radius 3 is 2.69 bits per heavy atom. The molecular weight excluding hydrogens is 200 g/mol. The van der Waals surface area contributed by atoms with Gasteiger partial charge >= 0.3 is 0 Å². The Bertz CT molecular complexity index is 375. The number of para-hydroxylation sites is 1. The van der Waals surface area contributed by atoms with Gasteiger partial charge in [-0.3, -0.25) is 0 Å². The minimum atomic E-state index is -0.216. The van der Waals surface area contributed by atoms with E-state index < -0.39 is 0 Å². The molecule has 0 aromatic heterocycles. The molecule has 2 heteroatoms. The molecule has 0 heterocycles. The first-order valence-corrected chi connectivity index (χ1v) is 5.98. The average molecular weight is 220 g/mol. The van der Waals surface area contributed by atoms with Gasteiger partial charge in [-0.15, -0.1) is 0 Å². The minimum absolute atomic E-state index is 0.0811. The minimum Gasteiger partial charge on any atom is -0.489 e. The predicted octanol–water partition coefficient (Wildman–Crippen LogP) is 2.92. The van der Waals surface area contributed by atoms with Crippen LogP contribution in [0.3, 0.4) is 0 Å². The van der Waals surface area contributed by atoms with Crippen LogP contribution in [0.4, 0.5) is 0 Å². The van der Waals surface area contributed by atoms with Crippen LogP contribution in [-0.2, 0) is 0 Å². The van der Waals surface area contributed by atoms with Gasteiger partial charge in [-0.1, -0.05) is 32.0 Å². The maximum atomic E-state index is 9.80. The van der Waals surface area contributed by atoms with Crippen molar-refractivity contribution < 1.29 is 9.84 Å². The van der Waals surface area contributed by atoms with Crippen molar-refractivity contribution in [2.24, 2.45) is 5.41 Å². The van der Waals surface area contributed by atoms with E-state index in [2.05, 4.69) is 13.8 Å². The number of aliphatic hydroxyl groups excluding tert-OH is 1. The predicted molar refractivity (Wildman–Crippen MR) is 64.6 cm³/mol. The summed E-state index contributed by atoms with van der Waals surface area (Å²) in [5, 5.41) is 9.80. The van der Waals surface area contributed by atoms with Gasteiger partial charge in [0.05, 0.1) is 6.10 Å². The van der Waals surface area contributed by atoms with Gasteiger partial charge in [-0.2, -0.15) is 0 Å². The molecular formula is C14H20O2. The third-order valence-electron chi connectivity index (χ3n) is 4.06. The number of benzene rings is 1. The largest absolute Gasteiger partial charge is 0.489 e. The molecule has 0 spiro atoms. The van der Waals surface area contributed by atoms with Gasteiger partial charge in [0.2, 0.25) is 0 Å². The van der Waals surface area contributed by atoms with Gasteiger partial charge in [-0.05, 0) is 25.0 Å². The molecule has 2 nitrogen and oxygen atoms in total. The molecule has 0 amide bonds. The first-order chi connectivity index (χ1) is 7.58. The van der Waals surface area contributed by atoms with Crippen molar-refractivity contribution in [2.45, 2.75) is 45.8 Å². The lowest BCUT2D eigenvalue weighted by atomic mass is 9.63. The summed E-state index contributed by atoms with van der Waals surface area (Å²) in [5.41, 5.74) is 1.07. The summed E-state index contributed by atoms with van der Waals surface area (Å²) in [6.45, 7) is 6.26. The molecule has 0 bridgehead atoms. The van der Waals surface area contributed by atoms with Crippen LogP contribution in [0.1, 0.15) is 32.3 Å². The standard InChI is InChI=1S/C14H20O2/c1-4-14(3)12(15)9-13(14)16-11-8-6-5-7-10(11)2/h5-8,12-13,15H,4,9H2,1-3H3. The lowest BCUT2D eigenvalue weighted by molar-refractivity contribution is -0.147. The fraction of sp³-hybridized carbons (Fsp3) is 0.571. The molecule has 1 aromatic carbocycles. The Morgan fingerprint density at radius 1 is 1.44 bits per heavy atom. The molecule has 1 saturated carbocycles. The molecule has 0 radical (unpaired) electrons. The number of hydrogen-bond donors (Lipinski definition) is 1. The van der Waals surface area contributed by atoms with Crippen molar-refractivity contribution in [3.63, 3.8) is 0 Å². The summed E-state index contributed by atoms with van der Waals surface area (Å²) < 4.78 is 6.00. The highest BCUT2D eigenvalue weighted by atomic mass is 16.5. The highest BCUT2D eigenvalue weighted by Crippen LogP contribution is 2.46. The second-order valence-electron chi connectivity index (χ2n) is 4.98. The Hall–Kier alpha value is -1.02. The molecule has 3 unspecified atom stereocenters. The topological polar surface area (TPSA) is 29.5 Å².